The molecule has 3 aromatic rings. The summed E-state index contributed by atoms with van der Waals surface area (Å²) in [6.07, 6.45) is 5.88. The van der Waals surface area contributed by atoms with Gasteiger partial charge in [0.2, 0.25) is 0 Å². The number of nitrogens with zero attached hydrogens (tertiary/aromatic N) is 3. The van der Waals surface area contributed by atoms with Crippen LogP contribution in [0.25, 0.3) is 5.69 Å². The SMILES string of the molecule is CSc1ccc2c(c1)C(c1ccccc1Cl)=NCc1nccn1-2. The zero-order chi connectivity index (χ0) is 15.8. The fourth-order valence-corrected chi connectivity index (χ4v) is 3.50. The number of aromatic nitrogens is 2. The van der Waals surface area contributed by atoms with E-state index in [9.17, 15) is 0 Å². The topological polar surface area (TPSA) is 30.2 Å². The highest BCUT2D eigenvalue weighted by atomic mass is 35.5. The van der Waals surface area contributed by atoms with Crippen LogP contribution in [0.2, 0.25) is 5.02 Å². The molecule has 0 aliphatic carbocycles. The highest BCUT2D eigenvalue weighted by Crippen LogP contribution is 2.30. The predicted molar refractivity (Wildman–Crippen MR) is 96.1 cm³/mol. The van der Waals surface area contributed by atoms with Gasteiger partial charge in [0.25, 0.3) is 0 Å². The number of rotatable bonds is 2. The quantitative estimate of drug-likeness (QED) is 0.639. The summed E-state index contributed by atoms with van der Waals surface area (Å²) >= 11 is 8.15. The lowest BCUT2D eigenvalue weighted by Gasteiger charge is -2.13. The maximum Gasteiger partial charge on any atom is 0.134 e. The Morgan fingerprint density at radius 2 is 2.00 bits per heavy atom. The summed E-state index contributed by atoms with van der Waals surface area (Å²) in [7, 11) is 0. The first-order valence-electron chi connectivity index (χ1n) is 7.28. The molecule has 0 saturated carbocycles. The van der Waals surface area contributed by atoms with Crippen LogP contribution in [0.1, 0.15) is 17.0 Å². The number of halogens is 1. The number of thioether (sulfide) groups is 1. The first-order chi connectivity index (χ1) is 11.3. The lowest BCUT2D eigenvalue weighted by atomic mass is 10.0. The predicted octanol–water partition coefficient (Wildman–Crippen LogP) is 4.60. The molecule has 0 N–H and O–H groups in total. The highest BCUT2D eigenvalue weighted by molar-refractivity contribution is 7.98. The van der Waals surface area contributed by atoms with Gasteiger partial charge in [-0.15, -0.1) is 11.8 Å². The molecule has 2 aromatic carbocycles. The van der Waals surface area contributed by atoms with E-state index >= 15 is 0 Å². The smallest absolute Gasteiger partial charge is 0.134 e. The summed E-state index contributed by atoms with van der Waals surface area (Å²) in [6.45, 7) is 0.539. The first-order valence-corrected chi connectivity index (χ1v) is 8.88. The van der Waals surface area contributed by atoms with E-state index in [4.69, 9.17) is 16.6 Å². The molecule has 0 unspecified atom stereocenters. The van der Waals surface area contributed by atoms with Crippen LogP contribution in [0.4, 0.5) is 0 Å². The minimum atomic E-state index is 0.539. The molecule has 1 aliphatic heterocycles. The van der Waals surface area contributed by atoms with Crippen molar-refractivity contribution in [2.45, 2.75) is 11.4 Å². The molecule has 5 heteroatoms. The Morgan fingerprint density at radius 1 is 1.13 bits per heavy atom. The van der Waals surface area contributed by atoms with E-state index in [2.05, 4.69) is 34.0 Å². The fourth-order valence-electron chi connectivity index (χ4n) is 2.83. The summed E-state index contributed by atoms with van der Waals surface area (Å²) in [5.74, 6) is 0.935. The molecule has 0 amide bonds. The third kappa shape index (κ3) is 2.48. The first kappa shape index (κ1) is 14.5. The van der Waals surface area contributed by atoms with Crippen molar-refractivity contribution in [3.05, 3.63) is 76.8 Å². The highest BCUT2D eigenvalue weighted by Gasteiger charge is 2.20. The monoisotopic (exact) mass is 339 g/mol. The fraction of sp³-hybridized carbons (Fsp3) is 0.111. The van der Waals surface area contributed by atoms with Crippen LogP contribution in [0.3, 0.4) is 0 Å². The second kappa shape index (κ2) is 5.87. The molecule has 1 aliphatic rings. The van der Waals surface area contributed by atoms with Crippen molar-refractivity contribution in [2.75, 3.05) is 6.26 Å². The molecule has 23 heavy (non-hydrogen) atoms. The second-order valence-electron chi connectivity index (χ2n) is 5.24. The Labute approximate surface area is 144 Å². The van der Waals surface area contributed by atoms with Crippen LogP contribution < -0.4 is 0 Å². The van der Waals surface area contributed by atoms with Gasteiger partial charge in [0, 0.05) is 33.4 Å². The molecule has 114 valence electrons. The zero-order valence-corrected chi connectivity index (χ0v) is 14.1. The molecular formula is C18H14ClN3S. The molecule has 1 aromatic heterocycles. The molecule has 0 atom stereocenters. The number of fused-ring (bicyclic) bond motifs is 3. The maximum atomic E-state index is 6.43. The Kier molecular flexibility index (Phi) is 3.71. The van der Waals surface area contributed by atoms with Crippen molar-refractivity contribution in [2.24, 2.45) is 4.99 Å². The third-order valence-corrected chi connectivity index (χ3v) is 5.00. The van der Waals surface area contributed by atoms with Gasteiger partial charge in [-0.05, 0) is 30.5 Å². The average Bonchev–Trinajstić information content (AvgIpc) is 2.99. The maximum absolute atomic E-state index is 6.43. The Hall–Kier alpha value is -2.04. The van der Waals surface area contributed by atoms with Crippen LogP contribution in [-0.2, 0) is 6.54 Å². The molecule has 4 rings (SSSR count). The summed E-state index contributed by atoms with van der Waals surface area (Å²) < 4.78 is 2.10. The number of hydrogen-bond acceptors (Lipinski definition) is 3. The second-order valence-corrected chi connectivity index (χ2v) is 6.53. The van der Waals surface area contributed by atoms with Gasteiger partial charge >= 0.3 is 0 Å². The van der Waals surface area contributed by atoms with E-state index in [1.165, 1.54) is 4.90 Å². The van der Waals surface area contributed by atoms with Crippen molar-refractivity contribution in [1.82, 2.24) is 9.55 Å². The largest absolute Gasteiger partial charge is 0.302 e. The number of imidazole rings is 1. The van der Waals surface area contributed by atoms with E-state index in [1.807, 2.05) is 36.7 Å². The molecule has 0 bridgehead atoms. The van der Waals surface area contributed by atoms with Crippen LogP contribution in [-0.4, -0.2) is 21.5 Å². The molecule has 0 saturated heterocycles. The summed E-state index contributed by atoms with van der Waals surface area (Å²) in [5, 5.41) is 0.714. The zero-order valence-electron chi connectivity index (χ0n) is 12.5. The van der Waals surface area contributed by atoms with Gasteiger partial charge in [-0.25, -0.2) is 4.98 Å². The Balaban J connectivity index is 2.00. The molecule has 2 heterocycles. The molecule has 0 radical (unpaired) electrons. The minimum absolute atomic E-state index is 0.539. The van der Waals surface area contributed by atoms with E-state index in [0.717, 1.165) is 28.4 Å². The third-order valence-electron chi connectivity index (χ3n) is 3.94. The Morgan fingerprint density at radius 3 is 2.83 bits per heavy atom. The molecule has 0 spiro atoms. The van der Waals surface area contributed by atoms with Crippen LogP contribution in [0.15, 0.2) is 64.7 Å². The van der Waals surface area contributed by atoms with Crippen molar-refractivity contribution in [1.29, 1.82) is 0 Å². The lowest BCUT2D eigenvalue weighted by Crippen LogP contribution is -2.07. The number of aliphatic imine (C=N–C) groups is 1. The molecule has 3 nitrogen and oxygen atoms in total. The summed E-state index contributed by atoms with van der Waals surface area (Å²) in [6, 6.07) is 14.3. The number of benzene rings is 2. The van der Waals surface area contributed by atoms with Crippen molar-refractivity contribution in [3.63, 3.8) is 0 Å². The van der Waals surface area contributed by atoms with E-state index in [0.29, 0.717) is 11.6 Å². The molecular weight excluding hydrogens is 326 g/mol. The summed E-state index contributed by atoms with van der Waals surface area (Å²) in [5.41, 5.74) is 4.06. The van der Waals surface area contributed by atoms with Gasteiger partial charge in [0.15, 0.2) is 0 Å². The van der Waals surface area contributed by atoms with Crippen LogP contribution in [0.5, 0.6) is 0 Å². The van der Waals surface area contributed by atoms with Gasteiger partial charge in [-0.3, -0.25) is 4.99 Å². The van der Waals surface area contributed by atoms with E-state index in [1.54, 1.807) is 11.8 Å². The van der Waals surface area contributed by atoms with Gasteiger partial charge in [0.1, 0.15) is 5.82 Å². The van der Waals surface area contributed by atoms with Crippen molar-refractivity contribution >= 4 is 29.1 Å². The van der Waals surface area contributed by atoms with Gasteiger partial charge in [-0.1, -0.05) is 29.8 Å². The van der Waals surface area contributed by atoms with Crippen molar-refractivity contribution < 1.29 is 0 Å². The lowest BCUT2D eigenvalue weighted by molar-refractivity contribution is 0.879. The van der Waals surface area contributed by atoms with Crippen molar-refractivity contribution in [3.8, 4) is 5.69 Å². The minimum Gasteiger partial charge on any atom is -0.302 e. The summed E-state index contributed by atoms with van der Waals surface area (Å²) in [4.78, 5) is 10.5. The van der Waals surface area contributed by atoms with Gasteiger partial charge in [-0.2, -0.15) is 0 Å². The van der Waals surface area contributed by atoms with Crippen LogP contribution >= 0.6 is 23.4 Å². The molecule has 0 fully saturated rings. The van der Waals surface area contributed by atoms with E-state index in [-0.39, 0.29) is 0 Å². The van der Waals surface area contributed by atoms with Crippen LogP contribution in [0, 0.1) is 0 Å². The van der Waals surface area contributed by atoms with E-state index < -0.39 is 0 Å². The number of hydrogen-bond donors (Lipinski definition) is 0. The Bertz CT molecular complexity index is 914. The standard InChI is InChI=1S/C18H14ClN3S/c1-23-12-6-7-16-14(10-12)18(13-4-2-3-5-15(13)19)21-11-17-20-8-9-22(16)17/h2-10H,11H2,1H3. The van der Waals surface area contributed by atoms with Gasteiger partial charge in [0.05, 0.1) is 17.9 Å². The average molecular weight is 340 g/mol. The van der Waals surface area contributed by atoms with Gasteiger partial charge < -0.3 is 4.57 Å². The normalized spacial score (nSPS) is 13.0.